The first-order chi connectivity index (χ1) is 17.7. The summed E-state index contributed by atoms with van der Waals surface area (Å²) in [6, 6.07) is 3.70. The number of rotatable bonds is 13. The summed E-state index contributed by atoms with van der Waals surface area (Å²) >= 11 is 0. The lowest BCUT2D eigenvalue weighted by Crippen LogP contribution is -2.53. The summed E-state index contributed by atoms with van der Waals surface area (Å²) in [5, 5.41) is 5.48. The van der Waals surface area contributed by atoms with E-state index in [0.29, 0.717) is 12.0 Å². The van der Waals surface area contributed by atoms with Gasteiger partial charge in [-0.3, -0.25) is 14.4 Å². The first-order valence-corrected chi connectivity index (χ1v) is 13.1. The second kappa shape index (κ2) is 15.1. The van der Waals surface area contributed by atoms with Gasteiger partial charge in [0, 0.05) is 13.1 Å². The molecule has 38 heavy (non-hydrogen) atoms. The summed E-state index contributed by atoms with van der Waals surface area (Å²) in [5.41, 5.74) is 1.74. The minimum Gasteiger partial charge on any atom is -0.466 e. The van der Waals surface area contributed by atoms with Crippen LogP contribution in [-0.4, -0.2) is 60.1 Å². The first kappa shape index (κ1) is 32.7. The van der Waals surface area contributed by atoms with Gasteiger partial charge in [0.1, 0.15) is 17.7 Å². The smallest absolute Gasteiger partial charge is 0.408 e. The fraction of sp³-hybridized carbons (Fsp3) is 0.586. The maximum absolute atomic E-state index is 14.0. The molecule has 3 amide bonds. The molecule has 0 saturated heterocycles. The molecule has 1 rings (SSSR count). The maximum Gasteiger partial charge on any atom is 0.408 e. The van der Waals surface area contributed by atoms with Crippen molar-refractivity contribution in [1.29, 1.82) is 0 Å². The highest BCUT2D eigenvalue weighted by Crippen LogP contribution is 2.27. The van der Waals surface area contributed by atoms with Crippen LogP contribution in [0.1, 0.15) is 77.1 Å². The number of carbonyl (C=O) groups is 4. The van der Waals surface area contributed by atoms with Crippen molar-refractivity contribution in [3.63, 3.8) is 0 Å². The molecule has 1 aromatic rings. The molecule has 0 heterocycles. The van der Waals surface area contributed by atoms with Gasteiger partial charge in [0.25, 0.3) is 0 Å². The molecule has 0 fully saturated rings. The molecular weight excluding hydrogens is 486 g/mol. The van der Waals surface area contributed by atoms with Gasteiger partial charge in [-0.05, 0) is 65.0 Å². The van der Waals surface area contributed by atoms with Gasteiger partial charge in [0.05, 0.1) is 13.0 Å². The molecule has 2 N–H and O–H groups in total. The fourth-order valence-electron chi connectivity index (χ4n) is 4.01. The normalized spacial score (nSPS) is 12.8. The van der Waals surface area contributed by atoms with Crippen LogP contribution in [0.4, 0.5) is 4.79 Å². The zero-order valence-electron chi connectivity index (χ0n) is 24.2. The Bertz CT molecular complexity index is 983. The summed E-state index contributed by atoms with van der Waals surface area (Å²) in [6.07, 6.45) is 1.18. The lowest BCUT2D eigenvalue weighted by Gasteiger charge is -2.35. The summed E-state index contributed by atoms with van der Waals surface area (Å²) in [6.45, 7) is 18.8. The van der Waals surface area contributed by atoms with Crippen LogP contribution in [0.5, 0.6) is 0 Å². The van der Waals surface area contributed by atoms with E-state index in [4.69, 9.17) is 9.47 Å². The zero-order chi connectivity index (χ0) is 29.0. The highest BCUT2D eigenvalue weighted by molar-refractivity contribution is 5.92. The number of amides is 3. The Morgan fingerprint density at radius 2 is 1.79 bits per heavy atom. The molecule has 0 spiro atoms. The number of hydrogen-bond donors (Lipinski definition) is 2. The van der Waals surface area contributed by atoms with Gasteiger partial charge >= 0.3 is 12.1 Å². The van der Waals surface area contributed by atoms with Crippen LogP contribution >= 0.6 is 0 Å². The second-order valence-corrected chi connectivity index (χ2v) is 10.7. The topological polar surface area (TPSA) is 114 Å². The predicted octanol–water partition coefficient (Wildman–Crippen LogP) is 4.37. The number of carbonyl (C=O) groups excluding carboxylic acids is 4. The summed E-state index contributed by atoms with van der Waals surface area (Å²) in [7, 11) is 0. The molecule has 1 aromatic carbocycles. The number of alkyl carbamates (subject to hydrolysis) is 1. The minimum absolute atomic E-state index is 0.00472. The minimum atomic E-state index is -1.02. The van der Waals surface area contributed by atoms with Gasteiger partial charge in [-0.2, -0.15) is 0 Å². The molecule has 0 bridgehead atoms. The number of aryl methyl sites for hydroxylation is 2. The van der Waals surface area contributed by atoms with Gasteiger partial charge in [-0.15, -0.1) is 6.58 Å². The van der Waals surface area contributed by atoms with Crippen molar-refractivity contribution in [3.05, 3.63) is 47.5 Å². The van der Waals surface area contributed by atoms with Crippen molar-refractivity contribution >= 4 is 23.9 Å². The third-order valence-electron chi connectivity index (χ3n) is 5.52. The zero-order valence-corrected chi connectivity index (χ0v) is 24.2. The van der Waals surface area contributed by atoms with Crippen molar-refractivity contribution in [2.24, 2.45) is 5.92 Å². The third-order valence-corrected chi connectivity index (χ3v) is 5.52. The molecule has 2 unspecified atom stereocenters. The average Bonchev–Trinajstić information content (AvgIpc) is 2.77. The molecular formula is C29H45N3O6. The Morgan fingerprint density at radius 3 is 2.32 bits per heavy atom. The summed E-state index contributed by atoms with van der Waals surface area (Å²) in [5.74, 6) is -1.23. The molecule has 0 aromatic heterocycles. The van der Waals surface area contributed by atoms with Crippen molar-refractivity contribution in [1.82, 2.24) is 15.5 Å². The van der Waals surface area contributed by atoms with Crippen LogP contribution in [0.3, 0.4) is 0 Å². The number of esters is 1. The van der Waals surface area contributed by atoms with Gasteiger partial charge in [0.2, 0.25) is 11.8 Å². The molecule has 212 valence electrons. The standard InChI is InChI=1S/C29H45N3O6/c1-10-16-32(27(35)23(17-19(3)4)31-28(36)38-29(7,8)9)25(22-13-12-20(5)18-21(22)6)26(34)30-15-14-24(33)37-11-2/h10,12-13,18-19,23,25H,1,11,14-17H2,2-9H3,(H,30,34)(H,31,36). The number of nitrogens with zero attached hydrogens (tertiary/aromatic N) is 1. The van der Waals surface area contributed by atoms with Crippen molar-refractivity contribution in [3.8, 4) is 0 Å². The Labute approximate surface area is 227 Å². The van der Waals surface area contributed by atoms with Crippen LogP contribution in [0.15, 0.2) is 30.9 Å². The third kappa shape index (κ3) is 10.9. The maximum atomic E-state index is 14.0. The van der Waals surface area contributed by atoms with Crippen molar-refractivity contribution < 1.29 is 28.7 Å². The van der Waals surface area contributed by atoms with Crippen LogP contribution in [0.2, 0.25) is 0 Å². The van der Waals surface area contributed by atoms with Crippen LogP contribution in [0, 0.1) is 19.8 Å². The molecule has 2 atom stereocenters. The van der Waals surface area contributed by atoms with E-state index >= 15 is 0 Å². The first-order valence-electron chi connectivity index (χ1n) is 13.1. The lowest BCUT2D eigenvalue weighted by molar-refractivity contribution is -0.144. The monoisotopic (exact) mass is 531 g/mol. The van der Waals surface area contributed by atoms with Crippen molar-refractivity contribution in [2.45, 2.75) is 85.9 Å². The molecule has 0 radical (unpaired) electrons. The number of hydrogen-bond acceptors (Lipinski definition) is 6. The van der Waals surface area contributed by atoms with Gasteiger partial charge in [-0.1, -0.05) is 43.7 Å². The Balaban J connectivity index is 3.43. The quantitative estimate of drug-likeness (QED) is 0.289. The predicted molar refractivity (Wildman–Crippen MR) is 147 cm³/mol. The molecule has 0 aliphatic carbocycles. The van der Waals surface area contributed by atoms with Crippen molar-refractivity contribution in [2.75, 3.05) is 19.7 Å². The largest absolute Gasteiger partial charge is 0.466 e. The second-order valence-electron chi connectivity index (χ2n) is 10.7. The molecule has 0 saturated carbocycles. The van der Waals surface area contributed by atoms with Crippen LogP contribution in [0.25, 0.3) is 0 Å². The van der Waals surface area contributed by atoms with Crippen LogP contribution < -0.4 is 10.6 Å². The van der Waals surface area contributed by atoms with E-state index in [9.17, 15) is 19.2 Å². The van der Waals surface area contributed by atoms with E-state index in [1.165, 1.54) is 4.90 Å². The van der Waals surface area contributed by atoms with E-state index in [1.54, 1.807) is 33.8 Å². The lowest BCUT2D eigenvalue weighted by atomic mass is 9.95. The molecule has 9 nitrogen and oxygen atoms in total. The Hall–Kier alpha value is -3.36. The average molecular weight is 532 g/mol. The number of benzene rings is 1. The molecule has 9 heteroatoms. The SMILES string of the molecule is C=CCN(C(=O)C(CC(C)C)NC(=O)OC(C)(C)C)C(C(=O)NCCC(=O)OCC)c1ccc(C)cc1C. The van der Waals surface area contributed by atoms with E-state index in [0.717, 1.165) is 11.1 Å². The number of ether oxygens (including phenoxy) is 2. The Kier molecular flexibility index (Phi) is 13.0. The Morgan fingerprint density at radius 1 is 1.13 bits per heavy atom. The summed E-state index contributed by atoms with van der Waals surface area (Å²) in [4.78, 5) is 53.4. The van der Waals surface area contributed by atoms with Gasteiger partial charge in [-0.25, -0.2) is 4.79 Å². The highest BCUT2D eigenvalue weighted by Gasteiger charge is 2.36. The van der Waals surface area contributed by atoms with E-state index in [2.05, 4.69) is 17.2 Å². The summed E-state index contributed by atoms with van der Waals surface area (Å²) < 4.78 is 10.3. The fourth-order valence-corrected chi connectivity index (χ4v) is 4.01. The number of nitrogens with one attached hydrogen (secondary N) is 2. The molecule has 0 aliphatic rings. The van der Waals surface area contributed by atoms with Gasteiger partial charge < -0.3 is 25.0 Å². The van der Waals surface area contributed by atoms with E-state index in [1.807, 2.05) is 45.9 Å². The van der Waals surface area contributed by atoms with E-state index < -0.39 is 41.6 Å². The van der Waals surface area contributed by atoms with Gasteiger partial charge in [0.15, 0.2) is 0 Å². The highest BCUT2D eigenvalue weighted by atomic mass is 16.6. The van der Waals surface area contributed by atoms with E-state index in [-0.39, 0.29) is 32.0 Å². The van der Waals surface area contributed by atoms with Crippen LogP contribution in [-0.2, 0) is 23.9 Å². The molecule has 0 aliphatic heterocycles.